The van der Waals surface area contributed by atoms with E-state index < -0.39 is 0 Å². The highest BCUT2D eigenvalue weighted by Gasteiger charge is 2.14. The second kappa shape index (κ2) is 6.93. The summed E-state index contributed by atoms with van der Waals surface area (Å²) >= 11 is 0. The molecule has 0 unspecified atom stereocenters. The molecular weight excluding hydrogens is 280 g/mol. The van der Waals surface area contributed by atoms with Gasteiger partial charge in [-0.3, -0.25) is 9.78 Å². The van der Waals surface area contributed by atoms with Crippen molar-refractivity contribution in [2.45, 2.75) is 13.8 Å². The number of amides is 1. The highest BCUT2D eigenvalue weighted by Crippen LogP contribution is 2.38. The molecule has 2 aromatic rings. The predicted molar refractivity (Wildman–Crippen MR) is 85.5 cm³/mol. The van der Waals surface area contributed by atoms with Gasteiger partial charge in [0.25, 0.3) is 5.91 Å². The number of benzene rings is 1. The molecule has 0 aliphatic heterocycles. The second-order valence-corrected chi connectivity index (χ2v) is 4.84. The third kappa shape index (κ3) is 3.19. The fourth-order valence-corrected chi connectivity index (χ4v) is 2.24. The minimum atomic E-state index is -0.129. The topological polar surface area (TPSA) is 60.5 Å². The van der Waals surface area contributed by atoms with E-state index in [0.29, 0.717) is 23.6 Å². The van der Waals surface area contributed by atoms with Crippen LogP contribution in [0.15, 0.2) is 30.5 Å². The maximum atomic E-state index is 11.8. The van der Waals surface area contributed by atoms with Gasteiger partial charge in [-0.25, -0.2) is 0 Å². The van der Waals surface area contributed by atoms with E-state index in [2.05, 4.69) is 10.3 Å². The molecule has 5 nitrogen and oxygen atoms in total. The van der Waals surface area contributed by atoms with E-state index in [0.717, 1.165) is 16.8 Å². The number of aryl methyl sites for hydroxylation is 1. The van der Waals surface area contributed by atoms with Crippen molar-refractivity contribution in [2.75, 3.05) is 20.8 Å². The second-order valence-electron chi connectivity index (χ2n) is 4.84. The lowest BCUT2D eigenvalue weighted by molar-refractivity contribution is 0.0955. The van der Waals surface area contributed by atoms with Crippen LogP contribution in [0.25, 0.3) is 11.3 Å². The molecule has 22 heavy (non-hydrogen) atoms. The van der Waals surface area contributed by atoms with Crippen molar-refractivity contribution in [1.82, 2.24) is 10.3 Å². The third-order valence-corrected chi connectivity index (χ3v) is 3.26. The molecule has 5 heteroatoms. The minimum Gasteiger partial charge on any atom is -0.493 e. The van der Waals surface area contributed by atoms with Crippen molar-refractivity contribution in [3.05, 3.63) is 41.6 Å². The molecule has 0 aliphatic carbocycles. The molecule has 116 valence electrons. The summed E-state index contributed by atoms with van der Waals surface area (Å²) in [4.78, 5) is 16.2. The number of aromatic nitrogens is 1. The Morgan fingerprint density at radius 1 is 1.23 bits per heavy atom. The lowest BCUT2D eigenvalue weighted by atomic mass is 10.1. The summed E-state index contributed by atoms with van der Waals surface area (Å²) in [6.07, 6.45) is 1.56. The van der Waals surface area contributed by atoms with Crippen LogP contribution in [0.3, 0.4) is 0 Å². The van der Waals surface area contributed by atoms with Crippen LogP contribution in [0, 0.1) is 6.92 Å². The van der Waals surface area contributed by atoms with Crippen LogP contribution in [0.2, 0.25) is 0 Å². The fourth-order valence-electron chi connectivity index (χ4n) is 2.24. The van der Waals surface area contributed by atoms with Crippen LogP contribution in [0.5, 0.6) is 11.5 Å². The molecule has 1 amide bonds. The molecule has 0 spiro atoms. The molecule has 0 radical (unpaired) electrons. The zero-order valence-corrected chi connectivity index (χ0v) is 13.3. The number of rotatable bonds is 5. The van der Waals surface area contributed by atoms with Gasteiger partial charge in [-0.2, -0.15) is 0 Å². The molecule has 0 aliphatic rings. The van der Waals surface area contributed by atoms with Gasteiger partial charge in [0.15, 0.2) is 11.5 Å². The van der Waals surface area contributed by atoms with Gasteiger partial charge in [-0.15, -0.1) is 0 Å². The number of carbonyl (C=O) groups is 1. The van der Waals surface area contributed by atoms with Crippen molar-refractivity contribution >= 4 is 5.91 Å². The van der Waals surface area contributed by atoms with Crippen LogP contribution in [-0.4, -0.2) is 31.7 Å². The maximum absolute atomic E-state index is 11.8. The quantitative estimate of drug-likeness (QED) is 0.922. The first-order valence-corrected chi connectivity index (χ1v) is 7.08. The van der Waals surface area contributed by atoms with Crippen LogP contribution in [0.4, 0.5) is 0 Å². The number of pyridine rings is 1. The van der Waals surface area contributed by atoms with Gasteiger partial charge in [0, 0.05) is 18.3 Å². The molecule has 0 saturated heterocycles. The Kier molecular flexibility index (Phi) is 4.99. The van der Waals surface area contributed by atoms with Gasteiger partial charge in [0.05, 0.1) is 25.5 Å². The molecule has 0 saturated carbocycles. The van der Waals surface area contributed by atoms with E-state index in [1.165, 1.54) is 0 Å². The minimum absolute atomic E-state index is 0.129. The van der Waals surface area contributed by atoms with Gasteiger partial charge in [0.1, 0.15) is 0 Å². The summed E-state index contributed by atoms with van der Waals surface area (Å²) in [5.74, 6) is 1.16. The lowest BCUT2D eigenvalue weighted by Gasteiger charge is -2.14. The molecule has 1 N–H and O–H groups in total. The molecule has 0 bridgehead atoms. The summed E-state index contributed by atoms with van der Waals surface area (Å²) in [5.41, 5.74) is 3.14. The van der Waals surface area contributed by atoms with Gasteiger partial charge in [-0.05, 0) is 43.7 Å². The van der Waals surface area contributed by atoms with Crippen molar-refractivity contribution in [1.29, 1.82) is 0 Å². The van der Waals surface area contributed by atoms with Crippen LogP contribution in [-0.2, 0) is 0 Å². The SMILES string of the molecule is CCNC(=O)c1ccc(-c2cc(C)cc(OC)c2OC)nc1. The fraction of sp³-hybridized carbons (Fsp3) is 0.294. The molecule has 0 fully saturated rings. The number of nitrogens with one attached hydrogen (secondary N) is 1. The molecule has 1 aromatic carbocycles. The average molecular weight is 300 g/mol. The van der Waals surface area contributed by atoms with Crippen molar-refractivity contribution in [2.24, 2.45) is 0 Å². The van der Waals surface area contributed by atoms with E-state index in [1.54, 1.807) is 32.5 Å². The van der Waals surface area contributed by atoms with Crippen LogP contribution in [0.1, 0.15) is 22.8 Å². The first-order valence-electron chi connectivity index (χ1n) is 7.08. The summed E-state index contributed by atoms with van der Waals surface area (Å²) in [6, 6.07) is 7.45. The zero-order chi connectivity index (χ0) is 16.1. The van der Waals surface area contributed by atoms with E-state index >= 15 is 0 Å². The number of carbonyl (C=O) groups excluding carboxylic acids is 1. The van der Waals surface area contributed by atoms with Crippen LogP contribution < -0.4 is 14.8 Å². The number of hydrogen-bond acceptors (Lipinski definition) is 4. The van der Waals surface area contributed by atoms with Crippen molar-refractivity contribution in [3.8, 4) is 22.8 Å². The molecule has 2 rings (SSSR count). The van der Waals surface area contributed by atoms with Crippen molar-refractivity contribution < 1.29 is 14.3 Å². The Labute approximate surface area is 130 Å². The highest BCUT2D eigenvalue weighted by molar-refractivity contribution is 5.94. The highest BCUT2D eigenvalue weighted by atomic mass is 16.5. The Bertz CT molecular complexity index is 666. The Hall–Kier alpha value is -2.56. The number of hydrogen-bond donors (Lipinski definition) is 1. The van der Waals surface area contributed by atoms with E-state index in [1.807, 2.05) is 26.0 Å². The predicted octanol–water partition coefficient (Wildman–Crippen LogP) is 2.82. The van der Waals surface area contributed by atoms with Gasteiger partial charge < -0.3 is 14.8 Å². The molecular formula is C17H20N2O3. The Balaban J connectivity index is 2.44. The summed E-state index contributed by atoms with van der Waals surface area (Å²) in [6.45, 7) is 4.45. The zero-order valence-electron chi connectivity index (χ0n) is 13.3. The number of nitrogens with zero attached hydrogens (tertiary/aromatic N) is 1. The maximum Gasteiger partial charge on any atom is 0.252 e. The molecule has 1 heterocycles. The van der Waals surface area contributed by atoms with E-state index in [9.17, 15) is 4.79 Å². The monoisotopic (exact) mass is 300 g/mol. The van der Waals surface area contributed by atoms with Gasteiger partial charge in [-0.1, -0.05) is 0 Å². The molecule has 0 atom stereocenters. The average Bonchev–Trinajstić information content (AvgIpc) is 2.54. The van der Waals surface area contributed by atoms with Crippen LogP contribution >= 0.6 is 0 Å². The number of ether oxygens (including phenoxy) is 2. The van der Waals surface area contributed by atoms with E-state index in [-0.39, 0.29) is 5.91 Å². The third-order valence-electron chi connectivity index (χ3n) is 3.26. The van der Waals surface area contributed by atoms with Crippen molar-refractivity contribution in [3.63, 3.8) is 0 Å². The summed E-state index contributed by atoms with van der Waals surface area (Å²) < 4.78 is 10.8. The molecule has 1 aromatic heterocycles. The first-order chi connectivity index (χ1) is 10.6. The smallest absolute Gasteiger partial charge is 0.252 e. The van der Waals surface area contributed by atoms with E-state index in [4.69, 9.17) is 9.47 Å². The standard InChI is InChI=1S/C17H20N2O3/c1-5-18-17(20)12-6-7-14(19-10-12)13-8-11(2)9-15(21-3)16(13)22-4/h6-10H,5H2,1-4H3,(H,18,20). The lowest BCUT2D eigenvalue weighted by Crippen LogP contribution is -2.22. The van der Waals surface area contributed by atoms with Gasteiger partial charge >= 0.3 is 0 Å². The van der Waals surface area contributed by atoms with Gasteiger partial charge in [0.2, 0.25) is 0 Å². The Morgan fingerprint density at radius 3 is 2.55 bits per heavy atom. The summed E-state index contributed by atoms with van der Waals surface area (Å²) in [5, 5.41) is 2.75. The largest absolute Gasteiger partial charge is 0.493 e. The normalized spacial score (nSPS) is 10.2. The Morgan fingerprint density at radius 2 is 2.00 bits per heavy atom. The first kappa shape index (κ1) is 15.8. The summed E-state index contributed by atoms with van der Waals surface area (Å²) in [7, 11) is 3.20. The number of methoxy groups -OCH3 is 2.